The predicted molar refractivity (Wildman–Crippen MR) is 118 cm³/mol. The van der Waals surface area contributed by atoms with Crippen LogP contribution in [0.2, 0.25) is 0 Å². The third kappa shape index (κ3) is 3.62. The molecule has 1 aromatic heterocycles. The Morgan fingerprint density at radius 1 is 0.931 bits per heavy atom. The molecule has 0 spiro atoms. The average molecular weight is 441 g/mol. The van der Waals surface area contributed by atoms with Crippen LogP contribution in [0.5, 0.6) is 0 Å². The van der Waals surface area contributed by atoms with E-state index in [1.165, 1.54) is 0 Å². The van der Waals surface area contributed by atoms with E-state index in [0.29, 0.717) is 0 Å². The van der Waals surface area contributed by atoms with Crippen molar-refractivity contribution in [1.82, 2.24) is 9.97 Å². The zero-order valence-electron chi connectivity index (χ0n) is 15.9. The molecule has 0 fully saturated rings. The first-order chi connectivity index (χ1) is 13.7. The fraction of sp³-hybridized carbons (Fsp3) is 0.0870. The van der Waals surface area contributed by atoms with Gasteiger partial charge in [-0.1, -0.05) is 12.1 Å². The van der Waals surface area contributed by atoms with Gasteiger partial charge < -0.3 is 4.90 Å². The van der Waals surface area contributed by atoms with Crippen molar-refractivity contribution in [3.05, 3.63) is 78.3 Å². The van der Waals surface area contributed by atoms with Gasteiger partial charge in [0, 0.05) is 47.9 Å². The maximum atomic E-state index is 4.92. The van der Waals surface area contributed by atoms with Crippen molar-refractivity contribution in [1.29, 1.82) is 0 Å². The van der Waals surface area contributed by atoms with Gasteiger partial charge in [-0.05, 0) is 54.6 Å². The van der Waals surface area contributed by atoms with Gasteiger partial charge in [-0.3, -0.25) is 4.98 Å². The van der Waals surface area contributed by atoms with Gasteiger partial charge in [0.1, 0.15) is 5.69 Å². The number of fused-ring (bicyclic) bond motifs is 4. The minimum Gasteiger partial charge on any atom is -0.378 e. The quantitative estimate of drug-likeness (QED) is 0.214. The van der Waals surface area contributed by atoms with Crippen molar-refractivity contribution < 1.29 is 16.5 Å². The van der Waals surface area contributed by atoms with Gasteiger partial charge in [-0.15, -0.1) is 11.3 Å². The van der Waals surface area contributed by atoms with Gasteiger partial charge in [0.15, 0.2) is 0 Å². The Kier molecular flexibility index (Phi) is 5.31. The number of para-hydroxylation sites is 1. The molecule has 1 aliphatic carbocycles. The summed E-state index contributed by atoms with van der Waals surface area (Å²) < 4.78 is 1.16. The van der Waals surface area contributed by atoms with E-state index >= 15 is 0 Å². The van der Waals surface area contributed by atoms with Gasteiger partial charge in [-0.25, -0.2) is 9.98 Å². The smallest absolute Gasteiger partial charge is 0.107 e. The van der Waals surface area contributed by atoms with Crippen molar-refractivity contribution >= 4 is 43.8 Å². The molecular formula is C23H18N4NiS. The van der Waals surface area contributed by atoms with Gasteiger partial charge in [0.2, 0.25) is 0 Å². The number of rotatable bonds is 2. The minimum absolute atomic E-state index is 0. The summed E-state index contributed by atoms with van der Waals surface area (Å²) in [6, 6.07) is 22.6. The molecule has 1 aliphatic heterocycles. The van der Waals surface area contributed by atoms with Crippen molar-refractivity contribution in [3.63, 3.8) is 0 Å². The molecule has 29 heavy (non-hydrogen) atoms. The van der Waals surface area contributed by atoms with Gasteiger partial charge in [0.25, 0.3) is 0 Å². The zero-order valence-corrected chi connectivity index (χ0v) is 17.7. The third-order valence-electron chi connectivity index (χ3n) is 4.74. The summed E-state index contributed by atoms with van der Waals surface area (Å²) in [6.07, 6.45) is 1.82. The van der Waals surface area contributed by atoms with Gasteiger partial charge in [-0.2, -0.15) is 0 Å². The molecule has 0 unspecified atom stereocenters. The molecule has 0 N–H and O–H groups in total. The van der Waals surface area contributed by atoms with Crippen LogP contribution in [0.4, 0.5) is 11.4 Å². The van der Waals surface area contributed by atoms with Gasteiger partial charge >= 0.3 is 0 Å². The minimum atomic E-state index is 0. The Bertz CT molecular complexity index is 1340. The Morgan fingerprint density at radius 3 is 2.52 bits per heavy atom. The van der Waals surface area contributed by atoms with E-state index in [1.807, 2.05) is 56.7 Å². The fourth-order valence-electron chi connectivity index (χ4n) is 3.31. The van der Waals surface area contributed by atoms with Crippen LogP contribution in [0.3, 0.4) is 0 Å². The standard InChI is InChI=1S/C23H18N4S.Ni/c1-27(2)16-11-9-15(10-12-16)25-19-14-21-23(22-17(19)6-5-13-24-22)26-18-7-3-4-8-20(18)28-21;/h3-14H,1-2H3;. The van der Waals surface area contributed by atoms with Crippen molar-refractivity contribution in [2.75, 3.05) is 19.0 Å². The Morgan fingerprint density at radius 2 is 1.72 bits per heavy atom. The Hall–Kier alpha value is -2.82. The SMILES string of the molecule is CN(C)c1ccc(N=c2cc3sc4ccccc4nc-3c3ncccc23)cc1.[Ni]. The first-order valence-corrected chi connectivity index (χ1v) is 9.90. The predicted octanol–water partition coefficient (Wildman–Crippen LogP) is 5.25. The molecule has 2 aliphatic rings. The summed E-state index contributed by atoms with van der Waals surface area (Å²) in [7, 11) is 4.07. The molecule has 0 saturated heterocycles. The molecule has 0 atom stereocenters. The van der Waals surface area contributed by atoms with Crippen LogP contribution in [-0.2, 0) is 16.5 Å². The van der Waals surface area contributed by atoms with E-state index in [2.05, 4.69) is 40.2 Å². The molecule has 0 amide bonds. The van der Waals surface area contributed by atoms with E-state index in [9.17, 15) is 0 Å². The van der Waals surface area contributed by atoms with Crippen molar-refractivity contribution in [2.24, 2.45) is 4.99 Å². The summed E-state index contributed by atoms with van der Waals surface area (Å²) in [4.78, 5) is 17.6. The molecule has 0 radical (unpaired) electrons. The zero-order chi connectivity index (χ0) is 19.1. The molecular weight excluding hydrogens is 423 g/mol. The van der Waals surface area contributed by atoms with Crippen LogP contribution in [-0.4, -0.2) is 24.1 Å². The second kappa shape index (κ2) is 7.90. The maximum Gasteiger partial charge on any atom is 0.107 e. The summed E-state index contributed by atoms with van der Waals surface area (Å²) in [5.41, 5.74) is 4.90. The number of hydrogen-bond acceptors (Lipinski definition) is 5. The van der Waals surface area contributed by atoms with E-state index in [1.54, 1.807) is 11.3 Å². The van der Waals surface area contributed by atoms with Crippen LogP contribution >= 0.6 is 11.3 Å². The van der Waals surface area contributed by atoms with Crippen LogP contribution in [0, 0.1) is 0 Å². The molecule has 2 heterocycles. The van der Waals surface area contributed by atoms with E-state index < -0.39 is 0 Å². The monoisotopic (exact) mass is 440 g/mol. The second-order valence-corrected chi connectivity index (χ2v) is 7.93. The van der Waals surface area contributed by atoms with Crippen LogP contribution in [0.25, 0.3) is 31.7 Å². The normalized spacial score (nSPS) is 11.7. The largest absolute Gasteiger partial charge is 0.378 e. The summed E-state index contributed by atoms with van der Waals surface area (Å²) in [5.74, 6) is 0. The summed E-state index contributed by atoms with van der Waals surface area (Å²) in [5, 5.41) is 1.93. The number of pyridine rings is 1. The molecule has 5 rings (SSSR count). The molecule has 2 aromatic carbocycles. The van der Waals surface area contributed by atoms with Crippen LogP contribution in [0.15, 0.2) is 77.9 Å². The summed E-state index contributed by atoms with van der Waals surface area (Å²) >= 11 is 1.73. The topological polar surface area (TPSA) is 41.4 Å². The first kappa shape index (κ1) is 19.5. The second-order valence-electron chi connectivity index (χ2n) is 6.85. The molecule has 3 aromatic rings. The number of hydrogen-bond donors (Lipinski definition) is 0. The molecule has 6 heteroatoms. The van der Waals surface area contributed by atoms with Crippen molar-refractivity contribution in [2.45, 2.75) is 0 Å². The van der Waals surface area contributed by atoms with E-state index in [-0.39, 0.29) is 16.5 Å². The number of nitrogens with zero attached hydrogens (tertiary/aromatic N) is 4. The Balaban J connectivity index is 0.00000205. The number of benzene rings is 3. The maximum absolute atomic E-state index is 4.92. The molecule has 0 bridgehead atoms. The van der Waals surface area contributed by atoms with Gasteiger partial charge in [0.05, 0.1) is 31.7 Å². The summed E-state index contributed by atoms with van der Waals surface area (Å²) in [6.45, 7) is 0. The first-order valence-electron chi connectivity index (χ1n) is 9.08. The van der Waals surface area contributed by atoms with E-state index in [4.69, 9.17) is 9.98 Å². The van der Waals surface area contributed by atoms with Crippen molar-refractivity contribution in [3.8, 4) is 10.6 Å². The molecule has 146 valence electrons. The van der Waals surface area contributed by atoms with Crippen LogP contribution < -0.4 is 10.3 Å². The molecule has 4 nitrogen and oxygen atoms in total. The number of aromatic nitrogens is 2. The third-order valence-corrected chi connectivity index (χ3v) is 5.84. The Labute approximate surface area is 182 Å². The fourth-order valence-corrected chi connectivity index (χ4v) is 4.32. The van der Waals surface area contributed by atoms with Crippen LogP contribution in [0.1, 0.15) is 0 Å². The molecule has 0 saturated carbocycles. The average Bonchev–Trinajstić information content (AvgIpc) is 2.73. The number of anilines is 1. The van der Waals surface area contributed by atoms with E-state index in [0.717, 1.165) is 48.4 Å².